The highest BCUT2D eigenvalue weighted by molar-refractivity contribution is 5.58. The standard InChI is InChI=1S/C12H12FNO2/c1-3-15-11-5-4-9(7-10(11)13)12-6-8(2)14-16-12/h4-7H,3H2,1-2H3. The number of nitrogens with zero attached hydrogens (tertiary/aromatic N) is 1. The molecule has 0 N–H and O–H groups in total. The smallest absolute Gasteiger partial charge is 0.167 e. The van der Waals surface area contributed by atoms with E-state index in [4.69, 9.17) is 9.26 Å². The van der Waals surface area contributed by atoms with E-state index in [2.05, 4.69) is 5.16 Å². The van der Waals surface area contributed by atoms with Crippen LogP contribution in [0, 0.1) is 12.7 Å². The van der Waals surface area contributed by atoms with Gasteiger partial charge in [-0.2, -0.15) is 0 Å². The van der Waals surface area contributed by atoms with Crippen LogP contribution < -0.4 is 4.74 Å². The molecule has 0 unspecified atom stereocenters. The van der Waals surface area contributed by atoms with E-state index in [1.807, 2.05) is 13.8 Å². The summed E-state index contributed by atoms with van der Waals surface area (Å²) in [4.78, 5) is 0. The highest BCUT2D eigenvalue weighted by Gasteiger charge is 2.08. The van der Waals surface area contributed by atoms with Crippen molar-refractivity contribution in [2.24, 2.45) is 0 Å². The lowest BCUT2D eigenvalue weighted by molar-refractivity contribution is 0.321. The average Bonchev–Trinajstić information content (AvgIpc) is 2.68. The normalized spacial score (nSPS) is 10.4. The Labute approximate surface area is 92.8 Å². The third kappa shape index (κ3) is 2.05. The zero-order valence-corrected chi connectivity index (χ0v) is 9.16. The molecular weight excluding hydrogens is 209 g/mol. The Hall–Kier alpha value is -1.84. The van der Waals surface area contributed by atoms with E-state index < -0.39 is 5.82 Å². The topological polar surface area (TPSA) is 35.3 Å². The van der Waals surface area contributed by atoms with Crippen molar-refractivity contribution >= 4 is 0 Å². The third-order valence-electron chi connectivity index (χ3n) is 2.14. The van der Waals surface area contributed by atoms with E-state index in [1.165, 1.54) is 6.07 Å². The summed E-state index contributed by atoms with van der Waals surface area (Å²) in [6, 6.07) is 6.47. The number of aryl methyl sites for hydroxylation is 1. The van der Waals surface area contributed by atoms with E-state index in [0.29, 0.717) is 17.9 Å². The van der Waals surface area contributed by atoms with Gasteiger partial charge in [0.1, 0.15) is 0 Å². The Morgan fingerprint density at radius 1 is 1.38 bits per heavy atom. The number of rotatable bonds is 3. The Bertz CT molecular complexity index is 494. The Morgan fingerprint density at radius 2 is 2.19 bits per heavy atom. The maximum atomic E-state index is 13.5. The second kappa shape index (κ2) is 4.35. The lowest BCUT2D eigenvalue weighted by Crippen LogP contribution is -1.94. The van der Waals surface area contributed by atoms with Crippen molar-refractivity contribution in [3.8, 4) is 17.1 Å². The molecule has 3 nitrogen and oxygen atoms in total. The number of halogens is 1. The first kappa shape index (κ1) is 10.7. The van der Waals surface area contributed by atoms with Gasteiger partial charge in [-0.25, -0.2) is 4.39 Å². The number of hydrogen-bond donors (Lipinski definition) is 0. The molecule has 4 heteroatoms. The van der Waals surface area contributed by atoms with Crippen LogP contribution in [0.15, 0.2) is 28.8 Å². The van der Waals surface area contributed by atoms with Gasteiger partial charge in [0.25, 0.3) is 0 Å². The van der Waals surface area contributed by atoms with Crippen molar-refractivity contribution in [2.75, 3.05) is 6.61 Å². The molecule has 1 aromatic carbocycles. The molecule has 0 saturated carbocycles. The van der Waals surface area contributed by atoms with Crippen LogP contribution in [-0.4, -0.2) is 11.8 Å². The molecule has 1 aromatic heterocycles. The zero-order valence-electron chi connectivity index (χ0n) is 9.16. The summed E-state index contributed by atoms with van der Waals surface area (Å²) in [7, 11) is 0. The van der Waals surface area contributed by atoms with Crippen LogP contribution in [0.2, 0.25) is 0 Å². The van der Waals surface area contributed by atoms with Gasteiger partial charge in [-0.1, -0.05) is 5.16 Å². The fraction of sp³-hybridized carbons (Fsp3) is 0.250. The number of aromatic nitrogens is 1. The van der Waals surface area contributed by atoms with Gasteiger partial charge < -0.3 is 9.26 Å². The molecular formula is C12H12FNO2. The maximum Gasteiger partial charge on any atom is 0.167 e. The van der Waals surface area contributed by atoms with E-state index in [-0.39, 0.29) is 5.75 Å². The maximum absolute atomic E-state index is 13.5. The summed E-state index contributed by atoms with van der Waals surface area (Å²) < 4.78 is 23.7. The van der Waals surface area contributed by atoms with Gasteiger partial charge in [-0.15, -0.1) is 0 Å². The molecule has 0 aliphatic carbocycles. The molecule has 0 atom stereocenters. The van der Waals surface area contributed by atoms with E-state index in [1.54, 1.807) is 18.2 Å². The molecule has 84 valence electrons. The molecule has 1 heterocycles. The van der Waals surface area contributed by atoms with E-state index >= 15 is 0 Å². The SMILES string of the molecule is CCOc1ccc(-c2cc(C)no2)cc1F. The largest absolute Gasteiger partial charge is 0.491 e. The number of hydrogen-bond acceptors (Lipinski definition) is 3. The lowest BCUT2D eigenvalue weighted by atomic mass is 10.1. The Balaban J connectivity index is 2.34. The number of benzene rings is 1. The third-order valence-corrected chi connectivity index (χ3v) is 2.14. The second-order valence-electron chi connectivity index (χ2n) is 3.41. The fourth-order valence-electron chi connectivity index (χ4n) is 1.43. The highest BCUT2D eigenvalue weighted by atomic mass is 19.1. The molecule has 0 amide bonds. The minimum absolute atomic E-state index is 0.252. The molecule has 0 radical (unpaired) electrons. The van der Waals surface area contributed by atoms with E-state index in [0.717, 1.165) is 5.69 Å². The summed E-state index contributed by atoms with van der Waals surface area (Å²) >= 11 is 0. The lowest BCUT2D eigenvalue weighted by Gasteiger charge is -2.04. The second-order valence-corrected chi connectivity index (χ2v) is 3.41. The average molecular weight is 221 g/mol. The minimum atomic E-state index is -0.395. The van der Waals surface area contributed by atoms with Crippen LogP contribution in [0.4, 0.5) is 4.39 Å². The van der Waals surface area contributed by atoms with Crippen LogP contribution in [0.1, 0.15) is 12.6 Å². The Kier molecular flexibility index (Phi) is 2.90. The van der Waals surface area contributed by atoms with Crippen molar-refractivity contribution in [1.29, 1.82) is 0 Å². The van der Waals surface area contributed by atoms with Crippen molar-refractivity contribution in [3.05, 3.63) is 35.8 Å². The first-order valence-electron chi connectivity index (χ1n) is 5.06. The first-order valence-corrected chi connectivity index (χ1v) is 5.06. The molecule has 0 saturated heterocycles. The highest BCUT2D eigenvalue weighted by Crippen LogP contribution is 2.25. The van der Waals surface area contributed by atoms with Crippen LogP contribution in [0.25, 0.3) is 11.3 Å². The van der Waals surface area contributed by atoms with Crippen molar-refractivity contribution in [1.82, 2.24) is 5.16 Å². The van der Waals surface area contributed by atoms with Gasteiger partial charge in [-0.05, 0) is 32.0 Å². The van der Waals surface area contributed by atoms with Crippen LogP contribution in [0.5, 0.6) is 5.75 Å². The molecule has 16 heavy (non-hydrogen) atoms. The molecule has 2 aromatic rings. The monoisotopic (exact) mass is 221 g/mol. The molecule has 0 aliphatic rings. The van der Waals surface area contributed by atoms with Gasteiger partial charge in [-0.3, -0.25) is 0 Å². The van der Waals surface area contributed by atoms with Crippen molar-refractivity contribution < 1.29 is 13.7 Å². The van der Waals surface area contributed by atoms with Crippen molar-refractivity contribution in [3.63, 3.8) is 0 Å². The minimum Gasteiger partial charge on any atom is -0.491 e. The van der Waals surface area contributed by atoms with Gasteiger partial charge in [0.2, 0.25) is 0 Å². The predicted octanol–water partition coefficient (Wildman–Crippen LogP) is 3.19. The summed E-state index contributed by atoms with van der Waals surface area (Å²) in [5.41, 5.74) is 1.42. The summed E-state index contributed by atoms with van der Waals surface area (Å²) in [6.07, 6.45) is 0. The zero-order chi connectivity index (χ0) is 11.5. The fourth-order valence-corrected chi connectivity index (χ4v) is 1.43. The molecule has 0 bridgehead atoms. The summed E-state index contributed by atoms with van der Waals surface area (Å²) in [6.45, 7) is 4.07. The van der Waals surface area contributed by atoms with E-state index in [9.17, 15) is 4.39 Å². The van der Waals surface area contributed by atoms with Gasteiger partial charge in [0.15, 0.2) is 17.3 Å². The number of ether oxygens (including phenoxy) is 1. The Morgan fingerprint density at radius 3 is 2.75 bits per heavy atom. The van der Waals surface area contributed by atoms with Gasteiger partial charge in [0, 0.05) is 11.6 Å². The molecule has 0 fully saturated rings. The van der Waals surface area contributed by atoms with Gasteiger partial charge in [0.05, 0.1) is 12.3 Å². The van der Waals surface area contributed by atoms with Crippen molar-refractivity contribution in [2.45, 2.75) is 13.8 Å². The van der Waals surface area contributed by atoms with Gasteiger partial charge >= 0.3 is 0 Å². The first-order chi connectivity index (χ1) is 7.70. The summed E-state index contributed by atoms with van der Waals surface area (Å²) in [5, 5.41) is 3.75. The molecule has 2 rings (SSSR count). The predicted molar refractivity (Wildman–Crippen MR) is 57.8 cm³/mol. The van der Waals surface area contributed by atoms with Crippen LogP contribution in [-0.2, 0) is 0 Å². The van der Waals surface area contributed by atoms with Crippen LogP contribution >= 0.6 is 0 Å². The molecule has 0 spiro atoms. The summed E-state index contributed by atoms with van der Waals surface area (Å²) in [5.74, 6) is 0.412. The molecule has 0 aliphatic heterocycles. The van der Waals surface area contributed by atoms with Crippen LogP contribution in [0.3, 0.4) is 0 Å². The quantitative estimate of drug-likeness (QED) is 0.798.